The van der Waals surface area contributed by atoms with E-state index in [0.29, 0.717) is 6.61 Å². The standard InChI is InChI=1S/C14H32N2O/c1-5-14(6-2,13-17)12-15-10-9-11-16(7-3)8-4/h15,17H,5-13H2,1-4H3. The van der Waals surface area contributed by atoms with Crippen LogP contribution >= 0.6 is 0 Å². The maximum Gasteiger partial charge on any atom is 0.0499 e. The van der Waals surface area contributed by atoms with Gasteiger partial charge in [0.1, 0.15) is 0 Å². The zero-order valence-corrected chi connectivity index (χ0v) is 12.3. The third kappa shape index (κ3) is 6.39. The van der Waals surface area contributed by atoms with E-state index in [1.165, 1.54) is 13.0 Å². The number of hydrogen-bond donors (Lipinski definition) is 2. The van der Waals surface area contributed by atoms with Gasteiger partial charge in [-0.2, -0.15) is 0 Å². The van der Waals surface area contributed by atoms with E-state index in [2.05, 4.69) is 37.9 Å². The van der Waals surface area contributed by atoms with E-state index in [4.69, 9.17) is 0 Å². The average Bonchev–Trinajstić information content (AvgIpc) is 2.39. The Labute approximate surface area is 108 Å². The van der Waals surface area contributed by atoms with E-state index < -0.39 is 0 Å². The first kappa shape index (κ1) is 16.9. The smallest absolute Gasteiger partial charge is 0.0499 e. The summed E-state index contributed by atoms with van der Waals surface area (Å²) in [7, 11) is 0. The van der Waals surface area contributed by atoms with Crippen molar-refractivity contribution >= 4 is 0 Å². The van der Waals surface area contributed by atoms with Crippen LogP contribution in [0.15, 0.2) is 0 Å². The second kappa shape index (κ2) is 9.86. The first-order chi connectivity index (χ1) is 8.17. The molecule has 0 fully saturated rings. The Morgan fingerprint density at radius 2 is 1.65 bits per heavy atom. The van der Waals surface area contributed by atoms with E-state index in [0.717, 1.165) is 39.0 Å². The molecule has 0 aromatic heterocycles. The van der Waals surface area contributed by atoms with Crippen molar-refractivity contribution in [1.29, 1.82) is 0 Å². The molecule has 0 aromatic rings. The number of aliphatic hydroxyl groups is 1. The lowest BCUT2D eigenvalue weighted by Gasteiger charge is -2.29. The van der Waals surface area contributed by atoms with E-state index in [1.54, 1.807) is 0 Å². The molecule has 0 saturated carbocycles. The Hall–Kier alpha value is -0.120. The van der Waals surface area contributed by atoms with Crippen molar-refractivity contribution in [1.82, 2.24) is 10.2 Å². The van der Waals surface area contributed by atoms with Gasteiger partial charge in [-0.1, -0.05) is 27.7 Å². The Balaban J connectivity index is 3.68. The summed E-state index contributed by atoms with van der Waals surface area (Å²) < 4.78 is 0. The van der Waals surface area contributed by atoms with Crippen molar-refractivity contribution < 1.29 is 5.11 Å². The molecule has 0 rings (SSSR count). The maximum atomic E-state index is 9.45. The predicted octanol–water partition coefficient (Wildman–Crippen LogP) is 2.11. The van der Waals surface area contributed by atoms with Gasteiger partial charge in [0.15, 0.2) is 0 Å². The van der Waals surface area contributed by atoms with E-state index in [1.807, 2.05) is 0 Å². The highest BCUT2D eigenvalue weighted by Gasteiger charge is 2.24. The van der Waals surface area contributed by atoms with Crippen molar-refractivity contribution in [2.45, 2.75) is 47.0 Å². The fraction of sp³-hybridized carbons (Fsp3) is 1.00. The zero-order valence-electron chi connectivity index (χ0n) is 12.3. The number of hydrogen-bond acceptors (Lipinski definition) is 3. The highest BCUT2D eigenvalue weighted by atomic mass is 16.3. The summed E-state index contributed by atoms with van der Waals surface area (Å²) in [5.74, 6) is 0. The highest BCUT2D eigenvalue weighted by molar-refractivity contribution is 4.78. The zero-order chi connectivity index (χ0) is 13.1. The molecule has 0 aliphatic heterocycles. The Kier molecular flexibility index (Phi) is 9.79. The molecular weight excluding hydrogens is 212 g/mol. The molecule has 2 N–H and O–H groups in total. The van der Waals surface area contributed by atoms with Gasteiger partial charge in [-0.25, -0.2) is 0 Å². The van der Waals surface area contributed by atoms with E-state index in [-0.39, 0.29) is 5.41 Å². The lowest BCUT2D eigenvalue weighted by molar-refractivity contribution is 0.113. The van der Waals surface area contributed by atoms with Gasteiger partial charge >= 0.3 is 0 Å². The first-order valence-corrected chi connectivity index (χ1v) is 7.21. The highest BCUT2D eigenvalue weighted by Crippen LogP contribution is 2.24. The molecule has 3 nitrogen and oxygen atoms in total. The minimum Gasteiger partial charge on any atom is -0.396 e. The summed E-state index contributed by atoms with van der Waals surface area (Å²) in [6, 6.07) is 0. The minimum absolute atomic E-state index is 0.0925. The van der Waals surface area contributed by atoms with Gasteiger partial charge in [0.05, 0.1) is 0 Å². The van der Waals surface area contributed by atoms with E-state index >= 15 is 0 Å². The SMILES string of the molecule is CCN(CC)CCCNCC(CC)(CC)CO. The summed E-state index contributed by atoms with van der Waals surface area (Å²) in [4.78, 5) is 2.45. The van der Waals surface area contributed by atoms with Crippen molar-refractivity contribution in [3.8, 4) is 0 Å². The average molecular weight is 244 g/mol. The van der Waals surface area contributed by atoms with Gasteiger partial charge in [-0.15, -0.1) is 0 Å². The lowest BCUT2D eigenvalue weighted by Crippen LogP contribution is -2.37. The summed E-state index contributed by atoms with van der Waals surface area (Å²) in [6.07, 6.45) is 3.28. The summed E-state index contributed by atoms with van der Waals surface area (Å²) in [5, 5.41) is 12.9. The van der Waals surface area contributed by atoms with Crippen LogP contribution in [0, 0.1) is 5.41 Å². The molecule has 0 radical (unpaired) electrons. The summed E-state index contributed by atoms with van der Waals surface area (Å²) in [6.45, 7) is 14.5. The third-order valence-electron chi connectivity index (χ3n) is 4.06. The maximum absolute atomic E-state index is 9.45. The van der Waals surface area contributed by atoms with Gasteiger partial charge in [-0.05, 0) is 45.4 Å². The van der Waals surface area contributed by atoms with Gasteiger partial charge in [0, 0.05) is 18.6 Å². The van der Waals surface area contributed by atoms with Crippen LogP contribution in [0.5, 0.6) is 0 Å². The van der Waals surface area contributed by atoms with Crippen molar-refractivity contribution in [2.24, 2.45) is 5.41 Å². The lowest BCUT2D eigenvalue weighted by atomic mass is 9.83. The Bertz CT molecular complexity index is 157. The molecular formula is C14H32N2O. The monoisotopic (exact) mass is 244 g/mol. The number of nitrogens with one attached hydrogen (secondary N) is 1. The van der Waals surface area contributed by atoms with Crippen molar-refractivity contribution in [3.63, 3.8) is 0 Å². The molecule has 0 amide bonds. The summed E-state index contributed by atoms with van der Waals surface area (Å²) >= 11 is 0. The van der Waals surface area contributed by atoms with Crippen molar-refractivity contribution in [3.05, 3.63) is 0 Å². The van der Waals surface area contributed by atoms with Gasteiger partial charge in [-0.3, -0.25) is 0 Å². The molecule has 0 saturated heterocycles. The topological polar surface area (TPSA) is 35.5 Å². The fourth-order valence-corrected chi connectivity index (χ4v) is 2.10. The van der Waals surface area contributed by atoms with Crippen LogP contribution in [-0.2, 0) is 0 Å². The van der Waals surface area contributed by atoms with Gasteiger partial charge in [0.25, 0.3) is 0 Å². The predicted molar refractivity (Wildman–Crippen MR) is 75.4 cm³/mol. The molecule has 3 heteroatoms. The van der Waals surface area contributed by atoms with Crippen molar-refractivity contribution in [2.75, 3.05) is 39.3 Å². The molecule has 0 heterocycles. The van der Waals surface area contributed by atoms with Gasteiger partial charge < -0.3 is 15.3 Å². The third-order valence-corrected chi connectivity index (χ3v) is 4.06. The van der Waals surface area contributed by atoms with Gasteiger partial charge in [0.2, 0.25) is 0 Å². The second-order valence-electron chi connectivity index (χ2n) is 4.92. The second-order valence-corrected chi connectivity index (χ2v) is 4.92. The molecule has 17 heavy (non-hydrogen) atoms. The van der Waals surface area contributed by atoms with E-state index in [9.17, 15) is 5.11 Å². The number of rotatable bonds is 11. The quantitative estimate of drug-likeness (QED) is 0.546. The molecule has 0 aliphatic rings. The molecule has 0 aliphatic carbocycles. The molecule has 0 bridgehead atoms. The summed E-state index contributed by atoms with van der Waals surface area (Å²) in [5.41, 5.74) is 0.0925. The largest absolute Gasteiger partial charge is 0.396 e. The van der Waals surface area contributed by atoms with Crippen LogP contribution in [0.3, 0.4) is 0 Å². The molecule has 0 aromatic carbocycles. The molecule has 0 atom stereocenters. The Morgan fingerprint density at radius 3 is 2.06 bits per heavy atom. The van der Waals surface area contributed by atoms with Crippen LogP contribution in [0.2, 0.25) is 0 Å². The van der Waals surface area contributed by atoms with Crippen LogP contribution in [-0.4, -0.2) is 49.3 Å². The Morgan fingerprint density at radius 1 is 1.06 bits per heavy atom. The molecule has 104 valence electrons. The normalized spacial score (nSPS) is 12.4. The fourth-order valence-electron chi connectivity index (χ4n) is 2.10. The number of nitrogens with zero attached hydrogens (tertiary/aromatic N) is 1. The van der Waals surface area contributed by atoms with Crippen LogP contribution in [0.4, 0.5) is 0 Å². The van der Waals surface area contributed by atoms with Crippen LogP contribution in [0.1, 0.15) is 47.0 Å². The van der Waals surface area contributed by atoms with Crippen LogP contribution in [0.25, 0.3) is 0 Å². The minimum atomic E-state index is 0.0925. The molecule has 0 unspecified atom stereocenters. The van der Waals surface area contributed by atoms with Crippen LogP contribution < -0.4 is 5.32 Å². The first-order valence-electron chi connectivity index (χ1n) is 7.21. The molecule has 0 spiro atoms. The number of aliphatic hydroxyl groups excluding tert-OH is 1.